The number of nitrogens with zero attached hydrogens (tertiary/aromatic N) is 2. The van der Waals surface area contributed by atoms with Gasteiger partial charge in [0.15, 0.2) is 0 Å². The van der Waals surface area contributed by atoms with E-state index in [0.29, 0.717) is 5.92 Å². The lowest BCUT2D eigenvalue weighted by molar-refractivity contribution is 0.513. The summed E-state index contributed by atoms with van der Waals surface area (Å²) in [5.41, 5.74) is 11.0. The molecule has 0 fully saturated rings. The van der Waals surface area contributed by atoms with E-state index >= 15 is 0 Å². The number of aryl methyl sites for hydroxylation is 3. The van der Waals surface area contributed by atoms with Crippen LogP contribution >= 0.6 is 0 Å². The van der Waals surface area contributed by atoms with E-state index < -0.39 is 0 Å². The highest BCUT2D eigenvalue weighted by molar-refractivity contribution is 5.76. The molecule has 1 aromatic heterocycles. The molecule has 20 heavy (non-hydrogen) atoms. The van der Waals surface area contributed by atoms with Crippen LogP contribution in [0.3, 0.4) is 0 Å². The minimum Gasteiger partial charge on any atom is -0.383 e. The van der Waals surface area contributed by atoms with Crippen molar-refractivity contribution in [2.75, 3.05) is 5.73 Å². The molecule has 0 saturated carbocycles. The summed E-state index contributed by atoms with van der Waals surface area (Å²) in [5, 5.41) is 0. The van der Waals surface area contributed by atoms with Crippen LogP contribution in [-0.4, -0.2) is 9.55 Å². The molecule has 108 valence electrons. The zero-order valence-corrected chi connectivity index (χ0v) is 13.2. The van der Waals surface area contributed by atoms with Crippen LogP contribution in [-0.2, 0) is 13.0 Å². The summed E-state index contributed by atoms with van der Waals surface area (Å²) < 4.78 is 2.17. The molecule has 0 aliphatic heterocycles. The number of imidazole rings is 1. The lowest BCUT2D eigenvalue weighted by Crippen LogP contribution is -2.11. The molecule has 0 aliphatic carbocycles. The first kappa shape index (κ1) is 14.6. The van der Waals surface area contributed by atoms with Crippen molar-refractivity contribution in [1.29, 1.82) is 0 Å². The van der Waals surface area contributed by atoms with Gasteiger partial charge in [-0.1, -0.05) is 39.0 Å². The van der Waals surface area contributed by atoms with Crippen LogP contribution in [0.5, 0.6) is 0 Å². The standard InChI is InChI=1S/C17H25N3/c1-6-14-19-16(17(18)20(14)10-11(2)3)15-12(4)8-7-9-13(15)5/h7-9,11H,6,10,18H2,1-5H3. The second kappa shape index (κ2) is 5.70. The van der Waals surface area contributed by atoms with Crippen LogP contribution in [0.1, 0.15) is 37.7 Å². The first-order valence-corrected chi connectivity index (χ1v) is 7.37. The van der Waals surface area contributed by atoms with Gasteiger partial charge < -0.3 is 10.3 Å². The number of aromatic nitrogens is 2. The summed E-state index contributed by atoms with van der Waals surface area (Å²) in [6, 6.07) is 6.32. The van der Waals surface area contributed by atoms with Crippen molar-refractivity contribution in [1.82, 2.24) is 9.55 Å². The van der Waals surface area contributed by atoms with Gasteiger partial charge in [0.05, 0.1) is 0 Å². The van der Waals surface area contributed by atoms with Gasteiger partial charge in [-0.2, -0.15) is 0 Å². The number of nitrogens with two attached hydrogens (primary N) is 1. The van der Waals surface area contributed by atoms with E-state index in [9.17, 15) is 0 Å². The Balaban J connectivity index is 2.61. The van der Waals surface area contributed by atoms with E-state index in [-0.39, 0.29) is 0 Å². The molecular weight excluding hydrogens is 246 g/mol. The fraction of sp³-hybridized carbons (Fsp3) is 0.471. The Bertz CT molecular complexity index is 589. The van der Waals surface area contributed by atoms with Crippen LogP contribution in [0.4, 0.5) is 5.82 Å². The third-order valence-corrected chi connectivity index (χ3v) is 3.67. The molecule has 2 rings (SSSR count). The first-order chi connectivity index (χ1) is 9.45. The summed E-state index contributed by atoms with van der Waals surface area (Å²) >= 11 is 0. The Hall–Kier alpha value is -1.77. The highest BCUT2D eigenvalue weighted by atomic mass is 15.1. The Labute approximate surface area is 121 Å². The van der Waals surface area contributed by atoms with Crippen LogP contribution in [0.2, 0.25) is 0 Å². The van der Waals surface area contributed by atoms with E-state index in [1.807, 2.05) is 0 Å². The molecule has 0 bridgehead atoms. The molecule has 3 heteroatoms. The molecular formula is C17H25N3. The van der Waals surface area contributed by atoms with Crippen molar-refractivity contribution in [3.63, 3.8) is 0 Å². The Kier molecular flexibility index (Phi) is 4.17. The second-order valence-corrected chi connectivity index (χ2v) is 5.89. The van der Waals surface area contributed by atoms with E-state index in [2.05, 4.69) is 57.4 Å². The normalized spacial score (nSPS) is 11.3. The molecule has 0 unspecified atom stereocenters. The molecule has 1 aromatic carbocycles. The molecule has 0 atom stereocenters. The lowest BCUT2D eigenvalue weighted by atomic mass is 10.00. The SMILES string of the molecule is CCc1nc(-c2c(C)cccc2C)c(N)n1CC(C)C. The van der Waals surface area contributed by atoms with E-state index in [0.717, 1.165) is 30.3 Å². The van der Waals surface area contributed by atoms with Gasteiger partial charge in [0.2, 0.25) is 0 Å². The lowest BCUT2D eigenvalue weighted by Gasteiger charge is -2.12. The smallest absolute Gasteiger partial charge is 0.131 e. The highest BCUT2D eigenvalue weighted by Crippen LogP contribution is 2.32. The van der Waals surface area contributed by atoms with Gasteiger partial charge in [0.25, 0.3) is 0 Å². The molecule has 1 heterocycles. The molecule has 0 radical (unpaired) electrons. The Morgan fingerprint density at radius 2 is 1.80 bits per heavy atom. The minimum absolute atomic E-state index is 0.558. The third-order valence-electron chi connectivity index (χ3n) is 3.67. The van der Waals surface area contributed by atoms with Crippen molar-refractivity contribution in [2.24, 2.45) is 5.92 Å². The molecule has 0 aliphatic rings. The summed E-state index contributed by atoms with van der Waals surface area (Å²) in [5.74, 6) is 2.43. The highest BCUT2D eigenvalue weighted by Gasteiger charge is 2.18. The van der Waals surface area contributed by atoms with Gasteiger partial charge in [0.1, 0.15) is 17.3 Å². The zero-order chi connectivity index (χ0) is 14.9. The fourth-order valence-corrected chi connectivity index (χ4v) is 2.72. The molecule has 3 nitrogen and oxygen atoms in total. The number of hydrogen-bond acceptors (Lipinski definition) is 2. The predicted octanol–water partition coefficient (Wildman–Crippen LogP) is 3.97. The van der Waals surface area contributed by atoms with Crippen LogP contribution < -0.4 is 5.73 Å². The van der Waals surface area contributed by atoms with Crippen LogP contribution in [0.25, 0.3) is 11.3 Å². The van der Waals surface area contributed by atoms with Crippen LogP contribution in [0.15, 0.2) is 18.2 Å². The van der Waals surface area contributed by atoms with Gasteiger partial charge in [-0.05, 0) is 30.9 Å². The van der Waals surface area contributed by atoms with Crippen molar-refractivity contribution in [3.05, 3.63) is 35.2 Å². The van der Waals surface area contributed by atoms with E-state index in [1.54, 1.807) is 0 Å². The summed E-state index contributed by atoms with van der Waals surface area (Å²) in [7, 11) is 0. The maximum Gasteiger partial charge on any atom is 0.131 e. The monoisotopic (exact) mass is 271 g/mol. The number of nitrogen functional groups attached to an aromatic ring is 1. The maximum absolute atomic E-state index is 6.40. The quantitative estimate of drug-likeness (QED) is 0.914. The molecule has 0 spiro atoms. The van der Waals surface area contributed by atoms with Gasteiger partial charge in [-0.25, -0.2) is 4.98 Å². The number of anilines is 1. The Morgan fingerprint density at radius 3 is 2.30 bits per heavy atom. The van der Waals surface area contributed by atoms with Gasteiger partial charge in [-0.15, -0.1) is 0 Å². The van der Waals surface area contributed by atoms with Crippen molar-refractivity contribution in [3.8, 4) is 11.3 Å². The van der Waals surface area contributed by atoms with Crippen molar-refractivity contribution < 1.29 is 0 Å². The summed E-state index contributed by atoms with van der Waals surface area (Å²) in [6.07, 6.45) is 0.905. The number of hydrogen-bond donors (Lipinski definition) is 1. The third kappa shape index (κ3) is 2.58. The topological polar surface area (TPSA) is 43.8 Å². The van der Waals surface area contributed by atoms with E-state index in [1.165, 1.54) is 16.7 Å². The zero-order valence-electron chi connectivity index (χ0n) is 13.2. The molecule has 0 saturated heterocycles. The van der Waals surface area contributed by atoms with E-state index in [4.69, 9.17) is 10.7 Å². The second-order valence-electron chi connectivity index (χ2n) is 5.89. The first-order valence-electron chi connectivity index (χ1n) is 7.37. The maximum atomic E-state index is 6.40. The van der Waals surface area contributed by atoms with Gasteiger partial charge in [0, 0.05) is 18.5 Å². The average molecular weight is 271 g/mol. The summed E-state index contributed by atoms with van der Waals surface area (Å²) in [6.45, 7) is 11.7. The number of benzene rings is 1. The summed E-state index contributed by atoms with van der Waals surface area (Å²) in [4.78, 5) is 4.81. The fourth-order valence-electron chi connectivity index (χ4n) is 2.72. The van der Waals surface area contributed by atoms with Gasteiger partial charge in [-0.3, -0.25) is 0 Å². The van der Waals surface area contributed by atoms with Crippen molar-refractivity contribution >= 4 is 5.82 Å². The van der Waals surface area contributed by atoms with Crippen molar-refractivity contribution in [2.45, 2.75) is 47.6 Å². The predicted molar refractivity (Wildman–Crippen MR) is 85.8 cm³/mol. The Morgan fingerprint density at radius 1 is 1.20 bits per heavy atom. The average Bonchev–Trinajstić information content (AvgIpc) is 2.67. The van der Waals surface area contributed by atoms with Crippen LogP contribution in [0, 0.1) is 19.8 Å². The minimum atomic E-state index is 0.558. The molecule has 2 aromatic rings. The number of rotatable bonds is 4. The molecule has 0 amide bonds. The largest absolute Gasteiger partial charge is 0.383 e. The molecule has 2 N–H and O–H groups in total. The van der Waals surface area contributed by atoms with Gasteiger partial charge >= 0.3 is 0 Å².